The van der Waals surface area contributed by atoms with Crippen LogP contribution in [0.4, 0.5) is 17.1 Å². The zero-order valence-corrected chi connectivity index (χ0v) is 19.6. The van der Waals surface area contributed by atoms with Crippen molar-refractivity contribution in [2.24, 2.45) is 0 Å². The lowest BCUT2D eigenvalue weighted by atomic mass is 10.0. The minimum absolute atomic E-state index is 0.569. The van der Waals surface area contributed by atoms with Crippen LogP contribution < -0.4 is 9.64 Å². The normalized spacial score (nSPS) is 11.7. The number of aliphatic hydroxyl groups is 1. The maximum absolute atomic E-state index is 9.87. The number of fused-ring (bicyclic) bond motifs is 1. The van der Waals surface area contributed by atoms with Crippen LogP contribution in [-0.2, 0) is 0 Å². The second kappa shape index (κ2) is 9.88. The highest BCUT2D eigenvalue weighted by atomic mass is 16.6. The molecule has 5 aromatic rings. The third kappa shape index (κ3) is 4.96. The molecule has 5 aromatic carbocycles. The van der Waals surface area contributed by atoms with E-state index in [0.717, 1.165) is 28.2 Å². The molecular weight excluding hydrogens is 430 g/mol. The lowest BCUT2D eigenvalue weighted by Crippen LogP contribution is -2.15. The predicted molar refractivity (Wildman–Crippen MR) is 146 cm³/mol. The van der Waals surface area contributed by atoms with Gasteiger partial charge in [-0.15, -0.1) is 0 Å². The van der Waals surface area contributed by atoms with Gasteiger partial charge in [0.15, 0.2) is 0 Å². The van der Waals surface area contributed by atoms with Crippen molar-refractivity contribution < 1.29 is 9.84 Å². The van der Waals surface area contributed by atoms with Crippen molar-refractivity contribution >= 4 is 27.8 Å². The van der Waals surface area contributed by atoms with Gasteiger partial charge in [-0.2, -0.15) is 0 Å². The topological polar surface area (TPSA) is 32.7 Å². The fraction of sp³-hybridized carbons (Fsp3) is 0.0625. The Morgan fingerprint density at radius 1 is 0.657 bits per heavy atom. The summed E-state index contributed by atoms with van der Waals surface area (Å²) in [4.78, 5) is 2.27. The van der Waals surface area contributed by atoms with Crippen LogP contribution in [0.2, 0.25) is 0 Å². The van der Waals surface area contributed by atoms with Crippen LogP contribution in [-0.4, -0.2) is 11.4 Å². The van der Waals surface area contributed by atoms with E-state index in [1.807, 2.05) is 30.3 Å². The minimum atomic E-state index is -1.00. The molecular formula is C32H27NO2. The van der Waals surface area contributed by atoms with E-state index in [1.54, 1.807) is 6.92 Å². The van der Waals surface area contributed by atoms with Crippen LogP contribution >= 0.6 is 0 Å². The zero-order chi connectivity index (χ0) is 24.2. The summed E-state index contributed by atoms with van der Waals surface area (Å²) in [5.74, 6) is 0.604. The molecule has 172 valence electrons. The number of ether oxygens (including phenoxy) is 1. The van der Waals surface area contributed by atoms with Crippen molar-refractivity contribution in [1.29, 1.82) is 0 Å². The Balaban J connectivity index is 1.46. The number of aliphatic hydroxyl groups excluding tert-OH is 1. The van der Waals surface area contributed by atoms with E-state index in [0.29, 0.717) is 11.3 Å². The SMILES string of the molecule is C=C(C)C(O)Oc1ccc(-c2ccc(N(c3ccccc3)c3ccc4ccccc4c3)cc2)cc1. The van der Waals surface area contributed by atoms with E-state index < -0.39 is 6.29 Å². The van der Waals surface area contributed by atoms with Gasteiger partial charge in [0.05, 0.1) is 0 Å². The molecule has 0 aliphatic carbocycles. The number of rotatable bonds is 7. The summed E-state index contributed by atoms with van der Waals surface area (Å²) < 4.78 is 5.50. The highest BCUT2D eigenvalue weighted by Gasteiger charge is 2.13. The molecule has 0 bridgehead atoms. The van der Waals surface area contributed by atoms with Gasteiger partial charge >= 0.3 is 0 Å². The summed E-state index contributed by atoms with van der Waals surface area (Å²) in [6.07, 6.45) is -1.00. The Morgan fingerprint density at radius 3 is 1.86 bits per heavy atom. The molecule has 35 heavy (non-hydrogen) atoms. The maximum atomic E-state index is 9.87. The summed E-state index contributed by atoms with van der Waals surface area (Å²) in [5, 5.41) is 12.3. The predicted octanol–water partition coefficient (Wildman–Crippen LogP) is 8.25. The van der Waals surface area contributed by atoms with Crippen LogP contribution in [0.1, 0.15) is 6.92 Å². The van der Waals surface area contributed by atoms with E-state index in [9.17, 15) is 5.11 Å². The maximum Gasteiger partial charge on any atom is 0.219 e. The minimum Gasteiger partial charge on any atom is -0.461 e. The average Bonchev–Trinajstić information content (AvgIpc) is 2.90. The van der Waals surface area contributed by atoms with Gasteiger partial charge in [-0.05, 0) is 82.9 Å². The van der Waals surface area contributed by atoms with Crippen LogP contribution in [0.3, 0.4) is 0 Å². The Morgan fingerprint density at radius 2 is 1.20 bits per heavy atom. The fourth-order valence-corrected chi connectivity index (χ4v) is 4.10. The van der Waals surface area contributed by atoms with E-state index in [4.69, 9.17) is 4.74 Å². The van der Waals surface area contributed by atoms with Gasteiger partial charge in [0.2, 0.25) is 6.29 Å². The van der Waals surface area contributed by atoms with E-state index >= 15 is 0 Å². The van der Waals surface area contributed by atoms with Gasteiger partial charge in [-0.25, -0.2) is 0 Å². The number of hydrogen-bond donors (Lipinski definition) is 1. The lowest BCUT2D eigenvalue weighted by molar-refractivity contribution is 0.0151. The lowest BCUT2D eigenvalue weighted by Gasteiger charge is -2.26. The van der Waals surface area contributed by atoms with Gasteiger partial charge in [-0.1, -0.05) is 79.4 Å². The van der Waals surface area contributed by atoms with Crippen molar-refractivity contribution in [2.45, 2.75) is 13.2 Å². The summed E-state index contributed by atoms with van der Waals surface area (Å²) in [5.41, 5.74) is 6.05. The third-order valence-corrected chi connectivity index (χ3v) is 5.99. The third-order valence-electron chi connectivity index (χ3n) is 5.99. The van der Waals surface area contributed by atoms with E-state index in [1.165, 1.54) is 10.8 Å². The first-order valence-electron chi connectivity index (χ1n) is 11.6. The number of nitrogens with zero attached hydrogens (tertiary/aromatic N) is 1. The standard InChI is InChI=1S/C32H27NO2/c1-23(2)32(34)35-31-20-15-26(16-21-31)25-12-17-29(18-13-25)33(28-10-4-3-5-11-28)30-19-14-24-8-6-7-9-27(24)22-30/h3-22,32,34H,1H2,2H3. The van der Waals surface area contributed by atoms with Crippen LogP contribution in [0, 0.1) is 0 Å². The smallest absolute Gasteiger partial charge is 0.219 e. The van der Waals surface area contributed by atoms with Crippen molar-refractivity contribution in [3.8, 4) is 16.9 Å². The molecule has 0 radical (unpaired) electrons. The number of anilines is 3. The molecule has 5 rings (SSSR count). The molecule has 0 aromatic heterocycles. The second-order valence-corrected chi connectivity index (χ2v) is 8.59. The second-order valence-electron chi connectivity index (χ2n) is 8.59. The summed E-state index contributed by atoms with van der Waals surface area (Å²) in [7, 11) is 0. The Kier molecular flexibility index (Phi) is 6.34. The fourth-order valence-electron chi connectivity index (χ4n) is 4.10. The Bertz CT molecular complexity index is 1440. The molecule has 1 N–H and O–H groups in total. The highest BCUT2D eigenvalue weighted by Crippen LogP contribution is 2.37. The zero-order valence-electron chi connectivity index (χ0n) is 19.6. The Labute approximate surface area is 206 Å². The van der Waals surface area contributed by atoms with E-state index in [2.05, 4.69) is 102 Å². The first kappa shape index (κ1) is 22.5. The van der Waals surface area contributed by atoms with Crippen molar-refractivity contribution in [3.05, 3.63) is 133 Å². The van der Waals surface area contributed by atoms with Gasteiger partial charge in [0.25, 0.3) is 0 Å². The molecule has 0 spiro atoms. The average molecular weight is 458 g/mol. The summed E-state index contributed by atoms with van der Waals surface area (Å²) in [6, 6.07) is 41.7. The summed E-state index contributed by atoms with van der Waals surface area (Å²) in [6.45, 7) is 5.45. The Hall–Kier alpha value is -4.34. The molecule has 0 amide bonds. The molecule has 1 atom stereocenters. The first-order valence-corrected chi connectivity index (χ1v) is 11.6. The first-order chi connectivity index (χ1) is 17.1. The summed E-state index contributed by atoms with van der Waals surface area (Å²) >= 11 is 0. The van der Waals surface area contributed by atoms with Crippen molar-refractivity contribution in [1.82, 2.24) is 0 Å². The molecule has 0 saturated heterocycles. The largest absolute Gasteiger partial charge is 0.461 e. The van der Waals surface area contributed by atoms with Crippen LogP contribution in [0.25, 0.3) is 21.9 Å². The van der Waals surface area contributed by atoms with Gasteiger partial charge in [0, 0.05) is 17.1 Å². The van der Waals surface area contributed by atoms with Gasteiger partial charge in [0.1, 0.15) is 5.75 Å². The quantitative estimate of drug-likeness (QED) is 0.197. The molecule has 0 aliphatic heterocycles. The van der Waals surface area contributed by atoms with E-state index in [-0.39, 0.29) is 0 Å². The monoisotopic (exact) mass is 457 g/mol. The van der Waals surface area contributed by atoms with Gasteiger partial charge in [-0.3, -0.25) is 0 Å². The molecule has 3 nitrogen and oxygen atoms in total. The highest BCUT2D eigenvalue weighted by molar-refractivity contribution is 5.89. The molecule has 0 aliphatic rings. The molecule has 0 heterocycles. The number of hydrogen-bond acceptors (Lipinski definition) is 3. The van der Waals surface area contributed by atoms with Gasteiger partial charge < -0.3 is 14.7 Å². The molecule has 3 heteroatoms. The molecule has 0 saturated carbocycles. The van der Waals surface area contributed by atoms with Crippen molar-refractivity contribution in [3.63, 3.8) is 0 Å². The van der Waals surface area contributed by atoms with Crippen molar-refractivity contribution in [2.75, 3.05) is 4.90 Å². The van der Waals surface area contributed by atoms with Crippen LogP contribution in [0.5, 0.6) is 5.75 Å². The van der Waals surface area contributed by atoms with Crippen LogP contribution in [0.15, 0.2) is 133 Å². The molecule has 0 fully saturated rings. The number of benzene rings is 5. The number of para-hydroxylation sites is 1. The molecule has 1 unspecified atom stereocenters.